The average molecular weight is 470 g/mol. The Balaban J connectivity index is 2.43. The molecule has 0 fully saturated rings. The van der Waals surface area contributed by atoms with E-state index < -0.39 is 33.6 Å². The van der Waals surface area contributed by atoms with Gasteiger partial charge in [0, 0.05) is 30.3 Å². The number of alkyl halides is 1. The van der Waals surface area contributed by atoms with Crippen molar-refractivity contribution in [2.45, 2.75) is 18.2 Å². The molecule has 2 unspecified atom stereocenters. The molecule has 1 aromatic heterocycles. The van der Waals surface area contributed by atoms with Gasteiger partial charge in [-0.1, -0.05) is 27.5 Å². The van der Waals surface area contributed by atoms with Crippen LogP contribution < -0.4 is 9.46 Å². The summed E-state index contributed by atoms with van der Waals surface area (Å²) in [7, 11) is 0. The molecule has 0 aliphatic carbocycles. The fourth-order valence-electron chi connectivity index (χ4n) is 2.13. The monoisotopic (exact) mass is 468 g/mol. The van der Waals surface area contributed by atoms with Gasteiger partial charge < -0.3 is 18.8 Å². The molecule has 2 atom stereocenters. The molecule has 26 heavy (non-hydrogen) atoms. The van der Waals surface area contributed by atoms with Crippen molar-refractivity contribution in [3.63, 3.8) is 0 Å². The number of nitrogens with one attached hydrogen (secondary N) is 1. The van der Waals surface area contributed by atoms with E-state index in [1.54, 1.807) is 0 Å². The molecular weight excluding hydrogens is 457 g/mol. The lowest BCUT2D eigenvalue weighted by molar-refractivity contribution is -0.132. The number of carbonyl (C=O) groups excluding carboxylic acids is 1. The second kappa shape index (κ2) is 8.96. The number of hydrogen-bond acceptors (Lipinski definition) is 6. The van der Waals surface area contributed by atoms with Crippen LogP contribution in [-0.4, -0.2) is 26.4 Å². The fourth-order valence-corrected chi connectivity index (χ4v) is 3.20. The van der Waals surface area contributed by atoms with Crippen LogP contribution in [0.5, 0.6) is 11.5 Å². The summed E-state index contributed by atoms with van der Waals surface area (Å²) in [5, 5.41) is 10.4. The van der Waals surface area contributed by atoms with Gasteiger partial charge in [0.2, 0.25) is 11.5 Å². The van der Waals surface area contributed by atoms with Crippen LogP contribution in [0.1, 0.15) is 23.9 Å². The van der Waals surface area contributed by atoms with E-state index in [1.165, 1.54) is 6.07 Å². The molecule has 2 rings (SSSR count). The van der Waals surface area contributed by atoms with Gasteiger partial charge in [-0.05, 0) is 24.6 Å². The molecule has 0 spiro atoms. The maximum absolute atomic E-state index is 13.2. The molecule has 2 N–H and O–H groups in total. The summed E-state index contributed by atoms with van der Waals surface area (Å²) in [6, 6.07) is 3.49. The standard InChI is InChI=1S/C15H14BrClFNO6S/c1-7(20)24-15-12(21)13(9-3-2-8(18)6-11(9)17)25-14(15)10(16)4-5-19-26(22)23/h2-3,6,10,19,21H,4-5H2,1H3,(H,22,23)/p-1. The van der Waals surface area contributed by atoms with Crippen molar-refractivity contribution in [2.75, 3.05) is 6.54 Å². The first kappa shape index (κ1) is 20.8. The third kappa shape index (κ3) is 5.04. The highest BCUT2D eigenvalue weighted by atomic mass is 79.9. The van der Waals surface area contributed by atoms with Crippen molar-refractivity contribution < 1.29 is 32.2 Å². The molecular formula is C15H13BrClFNO6S-. The Kier molecular flexibility index (Phi) is 7.18. The van der Waals surface area contributed by atoms with Crippen LogP contribution in [0.2, 0.25) is 5.02 Å². The number of halogens is 3. The summed E-state index contributed by atoms with van der Waals surface area (Å²) >= 11 is 6.86. The number of aromatic hydroxyl groups is 1. The van der Waals surface area contributed by atoms with E-state index in [9.17, 15) is 23.1 Å². The van der Waals surface area contributed by atoms with Crippen molar-refractivity contribution in [3.8, 4) is 22.8 Å². The van der Waals surface area contributed by atoms with Crippen molar-refractivity contribution in [3.05, 3.63) is 34.8 Å². The summed E-state index contributed by atoms with van der Waals surface area (Å²) < 4.78 is 47.1. The highest BCUT2D eigenvalue weighted by Gasteiger charge is 2.29. The zero-order chi connectivity index (χ0) is 19.4. The van der Waals surface area contributed by atoms with Crippen molar-refractivity contribution >= 4 is 44.8 Å². The Hall–Kier alpha value is -1.46. The maximum Gasteiger partial charge on any atom is 0.308 e. The predicted octanol–water partition coefficient (Wildman–Crippen LogP) is 3.58. The van der Waals surface area contributed by atoms with E-state index in [0.717, 1.165) is 19.1 Å². The van der Waals surface area contributed by atoms with E-state index in [0.29, 0.717) is 0 Å². The van der Waals surface area contributed by atoms with Gasteiger partial charge in [0.15, 0.2) is 11.5 Å². The first-order valence-corrected chi connectivity index (χ1v) is 9.53. The second-order valence-electron chi connectivity index (χ2n) is 5.08. The number of benzene rings is 1. The number of rotatable bonds is 7. The molecule has 2 aromatic rings. The number of carbonyl (C=O) groups is 1. The van der Waals surface area contributed by atoms with E-state index in [-0.39, 0.29) is 40.8 Å². The molecule has 0 saturated carbocycles. The van der Waals surface area contributed by atoms with Gasteiger partial charge >= 0.3 is 5.97 Å². The molecule has 0 aliphatic rings. The first-order valence-electron chi connectivity index (χ1n) is 7.17. The molecule has 0 aliphatic heterocycles. The Bertz CT molecular complexity index is 846. The lowest BCUT2D eigenvalue weighted by Crippen LogP contribution is -2.18. The third-order valence-electron chi connectivity index (χ3n) is 3.19. The highest BCUT2D eigenvalue weighted by molar-refractivity contribution is 9.09. The van der Waals surface area contributed by atoms with Crippen molar-refractivity contribution in [1.29, 1.82) is 0 Å². The SMILES string of the molecule is CC(=O)Oc1c(C(Br)CCNS(=O)[O-])oc(-c2ccc(F)cc2Cl)c1O. The second-order valence-corrected chi connectivity index (χ2v) is 7.35. The molecule has 142 valence electrons. The molecule has 1 aromatic carbocycles. The zero-order valence-corrected chi connectivity index (χ0v) is 16.4. The van der Waals surface area contributed by atoms with Gasteiger partial charge in [-0.15, -0.1) is 0 Å². The number of esters is 1. The number of hydrogen-bond donors (Lipinski definition) is 2. The van der Waals surface area contributed by atoms with E-state index in [2.05, 4.69) is 20.7 Å². The van der Waals surface area contributed by atoms with Crippen LogP contribution in [0.4, 0.5) is 4.39 Å². The third-order valence-corrected chi connectivity index (χ3v) is 4.82. The lowest BCUT2D eigenvalue weighted by atomic mass is 10.1. The summed E-state index contributed by atoms with van der Waals surface area (Å²) in [5.74, 6) is -2.01. The van der Waals surface area contributed by atoms with Crippen LogP contribution in [-0.2, 0) is 16.1 Å². The van der Waals surface area contributed by atoms with Gasteiger partial charge in [-0.2, -0.15) is 0 Å². The topological polar surface area (TPSA) is 112 Å². The quantitative estimate of drug-likeness (QED) is 0.364. The number of furan rings is 1. The Morgan fingerprint density at radius 1 is 1.58 bits per heavy atom. The Morgan fingerprint density at radius 2 is 2.27 bits per heavy atom. The van der Waals surface area contributed by atoms with Gasteiger partial charge in [-0.3, -0.25) is 9.00 Å². The van der Waals surface area contributed by atoms with Gasteiger partial charge in [-0.25, -0.2) is 9.11 Å². The van der Waals surface area contributed by atoms with Crippen LogP contribution in [0.15, 0.2) is 22.6 Å². The predicted molar refractivity (Wildman–Crippen MR) is 95.3 cm³/mol. The summed E-state index contributed by atoms with van der Waals surface area (Å²) in [6.07, 6.45) is 0.228. The van der Waals surface area contributed by atoms with E-state index in [1.807, 2.05) is 0 Å². The van der Waals surface area contributed by atoms with Crippen molar-refractivity contribution in [1.82, 2.24) is 4.72 Å². The normalized spacial score (nSPS) is 13.4. The molecule has 0 amide bonds. The van der Waals surface area contributed by atoms with E-state index in [4.69, 9.17) is 20.8 Å². The number of ether oxygens (including phenoxy) is 1. The lowest BCUT2D eigenvalue weighted by Gasteiger charge is -2.11. The maximum atomic E-state index is 13.2. The summed E-state index contributed by atoms with van der Waals surface area (Å²) in [4.78, 5) is 10.8. The molecule has 0 radical (unpaired) electrons. The van der Waals surface area contributed by atoms with Crippen molar-refractivity contribution in [2.24, 2.45) is 0 Å². The molecule has 0 saturated heterocycles. The average Bonchev–Trinajstić information content (AvgIpc) is 2.84. The smallest absolute Gasteiger partial charge is 0.308 e. The van der Waals surface area contributed by atoms with Gasteiger partial charge in [0.1, 0.15) is 5.82 Å². The summed E-state index contributed by atoms with van der Waals surface area (Å²) in [6.45, 7) is 1.21. The minimum Gasteiger partial charge on any atom is -0.760 e. The minimum absolute atomic E-state index is 0.00971. The summed E-state index contributed by atoms with van der Waals surface area (Å²) in [5.41, 5.74) is 0.198. The van der Waals surface area contributed by atoms with Crippen LogP contribution in [0, 0.1) is 5.82 Å². The van der Waals surface area contributed by atoms with Gasteiger partial charge in [0.25, 0.3) is 0 Å². The molecule has 0 bridgehead atoms. The van der Waals surface area contributed by atoms with Crippen LogP contribution >= 0.6 is 27.5 Å². The minimum atomic E-state index is -2.43. The Morgan fingerprint density at radius 3 is 2.85 bits per heavy atom. The van der Waals surface area contributed by atoms with Gasteiger partial charge in [0.05, 0.1) is 9.85 Å². The van der Waals surface area contributed by atoms with Crippen LogP contribution in [0.3, 0.4) is 0 Å². The molecule has 11 heteroatoms. The molecule has 1 heterocycles. The first-order chi connectivity index (χ1) is 12.2. The largest absolute Gasteiger partial charge is 0.760 e. The van der Waals surface area contributed by atoms with Crippen LogP contribution in [0.25, 0.3) is 11.3 Å². The Labute approximate surface area is 164 Å². The van der Waals surface area contributed by atoms with E-state index >= 15 is 0 Å². The zero-order valence-electron chi connectivity index (χ0n) is 13.3. The highest BCUT2D eigenvalue weighted by Crippen LogP contribution is 2.49. The fraction of sp³-hybridized carbons (Fsp3) is 0.267. The molecule has 7 nitrogen and oxygen atoms in total.